The fourth-order valence-electron chi connectivity index (χ4n) is 4.42. The summed E-state index contributed by atoms with van der Waals surface area (Å²) >= 11 is 0. The standard InChI is InChI=1S/C36H36N2O6/c1-7-23-8-9-24(16-31(23)39)27-13-15-30(34(19-27)44-36(42)22(4)5)38-20-28-11-10-25(17-32(28)40)26-12-14-29(37-6)33(18-26)43-35(41)21(2)3/h8-19,37-40H,2,4,7,20H2,1,3,5-6H3. The molecular formula is C36H36N2O6. The molecule has 0 amide bonds. The molecule has 0 saturated heterocycles. The fraction of sp³-hybridized carbons (Fsp3) is 0.167. The number of aryl methyl sites for hydroxylation is 1. The molecule has 4 N–H and O–H groups in total. The van der Waals surface area contributed by atoms with E-state index >= 15 is 0 Å². The summed E-state index contributed by atoms with van der Waals surface area (Å²) < 4.78 is 11.1. The highest BCUT2D eigenvalue weighted by molar-refractivity contribution is 5.91. The number of anilines is 2. The predicted molar refractivity (Wildman–Crippen MR) is 174 cm³/mol. The smallest absolute Gasteiger partial charge is 0.338 e. The lowest BCUT2D eigenvalue weighted by Crippen LogP contribution is -2.10. The van der Waals surface area contributed by atoms with Gasteiger partial charge in [-0.15, -0.1) is 0 Å². The van der Waals surface area contributed by atoms with E-state index < -0.39 is 11.9 Å². The lowest BCUT2D eigenvalue weighted by molar-refractivity contribution is -0.130. The molecule has 4 aromatic rings. The Balaban J connectivity index is 1.58. The third-order valence-corrected chi connectivity index (χ3v) is 7.02. The summed E-state index contributed by atoms with van der Waals surface area (Å²) in [7, 11) is 1.73. The molecule has 0 unspecified atom stereocenters. The topological polar surface area (TPSA) is 117 Å². The van der Waals surface area contributed by atoms with Crippen molar-refractivity contribution < 1.29 is 29.3 Å². The summed E-state index contributed by atoms with van der Waals surface area (Å²) in [6.45, 7) is 12.7. The van der Waals surface area contributed by atoms with E-state index in [1.54, 1.807) is 63.4 Å². The van der Waals surface area contributed by atoms with Gasteiger partial charge in [0.15, 0.2) is 11.5 Å². The van der Waals surface area contributed by atoms with Gasteiger partial charge in [-0.1, -0.05) is 56.5 Å². The second-order valence-electron chi connectivity index (χ2n) is 10.4. The van der Waals surface area contributed by atoms with Crippen molar-refractivity contribution in [2.75, 3.05) is 17.7 Å². The summed E-state index contributed by atoms with van der Waals surface area (Å²) in [6.07, 6.45) is 0.707. The largest absolute Gasteiger partial charge is 0.508 e. The van der Waals surface area contributed by atoms with Crippen LogP contribution < -0.4 is 20.1 Å². The van der Waals surface area contributed by atoms with Crippen LogP contribution in [0.1, 0.15) is 31.9 Å². The number of hydrogen-bond acceptors (Lipinski definition) is 8. The first-order chi connectivity index (χ1) is 21.0. The first-order valence-corrected chi connectivity index (χ1v) is 14.1. The monoisotopic (exact) mass is 592 g/mol. The summed E-state index contributed by atoms with van der Waals surface area (Å²) in [5.74, 6) is -0.214. The van der Waals surface area contributed by atoms with Crippen LogP contribution >= 0.6 is 0 Å². The van der Waals surface area contributed by atoms with E-state index in [1.807, 2.05) is 37.3 Å². The molecule has 0 aliphatic heterocycles. The first kappa shape index (κ1) is 31.4. The predicted octanol–water partition coefficient (Wildman–Crippen LogP) is 7.61. The van der Waals surface area contributed by atoms with Crippen molar-refractivity contribution in [3.05, 3.63) is 108 Å². The molecule has 0 fully saturated rings. The molecule has 44 heavy (non-hydrogen) atoms. The van der Waals surface area contributed by atoms with Crippen LogP contribution in [0.3, 0.4) is 0 Å². The lowest BCUT2D eigenvalue weighted by Gasteiger charge is -2.16. The minimum absolute atomic E-state index is 0.0526. The van der Waals surface area contributed by atoms with Gasteiger partial charge in [0.25, 0.3) is 0 Å². The van der Waals surface area contributed by atoms with E-state index in [2.05, 4.69) is 23.8 Å². The zero-order valence-corrected chi connectivity index (χ0v) is 25.3. The number of phenolic OH excluding ortho intramolecular Hbond substituents is 2. The van der Waals surface area contributed by atoms with Crippen LogP contribution in [0.15, 0.2) is 97.1 Å². The average Bonchev–Trinajstić information content (AvgIpc) is 3.00. The summed E-state index contributed by atoms with van der Waals surface area (Å²) in [4.78, 5) is 24.6. The quantitative estimate of drug-likeness (QED) is 0.0799. The second kappa shape index (κ2) is 13.6. The third-order valence-electron chi connectivity index (χ3n) is 7.02. The Hall–Kier alpha value is -5.50. The minimum Gasteiger partial charge on any atom is -0.508 e. The number of ether oxygens (including phenoxy) is 2. The van der Waals surface area contributed by atoms with Gasteiger partial charge in [-0.25, -0.2) is 9.59 Å². The van der Waals surface area contributed by atoms with Crippen molar-refractivity contribution in [2.45, 2.75) is 33.7 Å². The number of carbonyl (C=O) groups is 2. The van der Waals surface area contributed by atoms with Crippen LogP contribution in [0.2, 0.25) is 0 Å². The minimum atomic E-state index is -0.570. The number of phenols is 2. The third kappa shape index (κ3) is 7.28. The fourth-order valence-corrected chi connectivity index (χ4v) is 4.42. The zero-order chi connectivity index (χ0) is 32.0. The molecule has 0 radical (unpaired) electrons. The highest BCUT2D eigenvalue weighted by atomic mass is 16.5. The molecule has 8 heteroatoms. The van der Waals surface area contributed by atoms with Crippen molar-refractivity contribution in [1.82, 2.24) is 0 Å². The molecule has 4 aromatic carbocycles. The van der Waals surface area contributed by atoms with Crippen molar-refractivity contribution in [3.63, 3.8) is 0 Å². The van der Waals surface area contributed by atoms with Crippen LogP contribution in [0.5, 0.6) is 23.0 Å². The van der Waals surface area contributed by atoms with Crippen molar-refractivity contribution in [1.29, 1.82) is 0 Å². The van der Waals surface area contributed by atoms with Crippen LogP contribution in [0.25, 0.3) is 22.3 Å². The second-order valence-corrected chi connectivity index (χ2v) is 10.4. The molecule has 0 aliphatic rings. The van der Waals surface area contributed by atoms with Crippen molar-refractivity contribution in [2.24, 2.45) is 0 Å². The maximum atomic E-state index is 12.4. The van der Waals surface area contributed by atoms with Crippen LogP contribution in [0.4, 0.5) is 11.4 Å². The SMILES string of the molecule is C=C(C)C(=O)Oc1cc(-c2ccc(CNc3ccc(-c4ccc(CC)c(O)c4)cc3OC(=O)C(=C)C)c(O)c2)ccc1NC. The van der Waals surface area contributed by atoms with Crippen LogP contribution in [0, 0.1) is 0 Å². The Labute approximate surface area is 257 Å². The number of carbonyl (C=O) groups excluding carboxylic acids is 2. The van der Waals surface area contributed by atoms with Crippen molar-refractivity contribution in [3.8, 4) is 45.3 Å². The maximum absolute atomic E-state index is 12.4. The molecule has 0 saturated carbocycles. The number of hydrogen-bond donors (Lipinski definition) is 4. The Morgan fingerprint density at radius 1 is 0.682 bits per heavy atom. The Morgan fingerprint density at radius 2 is 1.11 bits per heavy atom. The average molecular weight is 593 g/mol. The molecule has 226 valence electrons. The van der Waals surface area contributed by atoms with E-state index in [4.69, 9.17) is 9.47 Å². The molecule has 0 heterocycles. The summed E-state index contributed by atoms with van der Waals surface area (Å²) in [5, 5.41) is 27.5. The molecule has 0 atom stereocenters. The number of nitrogens with one attached hydrogen (secondary N) is 2. The van der Waals surface area contributed by atoms with Gasteiger partial charge in [-0.3, -0.25) is 0 Å². The number of rotatable bonds is 11. The molecular weight excluding hydrogens is 556 g/mol. The van der Waals surface area contributed by atoms with Gasteiger partial charge in [0.05, 0.1) is 11.4 Å². The zero-order valence-electron chi connectivity index (χ0n) is 25.3. The molecule has 0 aromatic heterocycles. The Kier molecular flexibility index (Phi) is 9.75. The van der Waals surface area contributed by atoms with Crippen LogP contribution in [-0.4, -0.2) is 29.2 Å². The number of aromatic hydroxyl groups is 2. The van der Waals surface area contributed by atoms with E-state index in [0.29, 0.717) is 29.1 Å². The number of benzene rings is 4. The van der Waals surface area contributed by atoms with E-state index in [-0.39, 0.29) is 34.9 Å². The summed E-state index contributed by atoms with van der Waals surface area (Å²) in [6, 6.07) is 21.5. The Morgan fingerprint density at radius 3 is 1.57 bits per heavy atom. The lowest BCUT2D eigenvalue weighted by atomic mass is 10.0. The van der Waals surface area contributed by atoms with Gasteiger partial charge in [-0.2, -0.15) is 0 Å². The molecule has 0 spiro atoms. The van der Waals surface area contributed by atoms with Gasteiger partial charge in [-0.05, 0) is 84.5 Å². The van der Waals surface area contributed by atoms with Gasteiger partial charge in [0.1, 0.15) is 11.5 Å². The van der Waals surface area contributed by atoms with Gasteiger partial charge >= 0.3 is 11.9 Å². The van der Waals surface area contributed by atoms with Gasteiger partial charge in [0, 0.05) is 30.3 Å². The Bertz CT molecular complexity index is 1760. The van der Waals surface area contributed by atoms with Crippen molar-refractivity contribution >= 4 is 23.3 Å². The summed E-state index contributed by atoms with van der Waals surface area (Å²) in [5.41, 5.74) is 6.14. The van der Waals surface area contributed by atoms with E-state index in [1.165, 1.54) is 0 Å². The molecule has 4 rings (SSSR count). The van der Waals surface area contributed by atoms with E-state index in [9.17, 15) is 19.8 Å². The van der Waals surface area contributed by atoms with Crippen LogP contribution in [-0.2, 0) is 22.6 Å². The van der Waals surface area contributed by atoms with Gasteiger partial charge in [0.2, 0.25) is 0 Å². The molecule has 0 aliphatic carbocycles. The molecule has 0 bridgehead atoms. The molecule has 8 nitrogen and oxygen atoms in total. The first-order valence-electron chi connectivity index (χ1n) is 14.1. The highest BCUT2D eigenvalue weighted by Crippen LogP contribution is 2.36. The normalized spacial score (nSPS) is 10.5. The maximum Gasteiger partial charge on any atom is 0.338 e. The van der Waals surface area contributed by atoms with E-state index in [0.717, 1.165) is 27.8 Å². The highest BCUT2D eigenvalue weighted by Gasteiger charge is 2.15. The van der Waals surface area contributed by atoms with Gasteiger partial charge < -0.3 is 30.3 Å². The number of esters is 2.